The quantitative estimate of drug-likeness (QED) is 0.579. The zero-order chi connectivity index (χ0) is 10.1. The van der Waals surface area contributed by atoms with E-state index in [-0.39, 0.29) is 11.9 Å². The lowest BCUT2D eigenvalue weighted by Crippen LogP contribution is -2.41. The van der Waals surface area contributed by atoms with Crippen molar-refractivity contribution in [3.63, 3.8) is 0 Å². The van der Waals surface area contributed by atoms with E-state index in [1.165, 1.54) is 0 Å². The molecule has 3 N–H and O–H groups in total. The summed E-state index contributed by atoms with van der Waals surface area (Å²) in [4.78, 5) is 23.8. The average molecular weight is 185 g/mol. The molecule has 1 fully saturated rings. The lowest BCUT2D eigenvalue weighted by Gasteiger charge is -2.20. The van der Waals surface area contributed by atoms with Crippen LogP contribution in [-0.4, -0.2) is 37.0 Å². The normalized spacial score (nSPS) is 27.4. The minimum Gasteiger partial charge on any atom is -0.369 e. The fraction of sp³-hybridized carbons (Fsp3) is 0.750. The highest BCUT2D eigenvalue weighted by molar-refractivity contribution is 5.83. The highest BCUT2D eigenvalue weighted by Crippen LogP contribution is 2.29. The minimum absolute atomic E-state index is 0.148. The van der Waals surface area contributed by atoms with E-state index in [0.29, 0.717) is 19.5 Å². The fourth-order valence-electron chi connectivity index (χ4n) is 1.49. The van der Waals surface area contributed by atoms with Crippen LogP contribution in [0.25, 0.3) is 0 Å². The molecule has 0 spiro atoms. The standard InChI is InChI=1S/C8H15N3O2/c1-8(6(9)12)3-4-11(5-8)7(13)10-2/h3-5H2,1-2H3,(H2,9,12)(H,10,13). The molecule has 5 nitrogen and oxygen atoms in total. The predicted octanol–water partition coefficient (Wildman–Crippen LogP) is -0.477. The van der Waals surface area contributed by atoms with Gasteiger partial charge in [0.05, 0.1) is 5.41 Å². The number of primary amides is 1. The van der Waals surface area contributed by atoms with E-state index < -0.39 is 5.41 Å². The van der Waals surface area contributed by atoms with Crippen LogP contribution in [0.5, 0.6) is 0 Å². The van der Waals surface area contributed by atoms with E-state index in [1.807, 2.05) is 0 Å². The van der Waals surface area contributed by atoms with Crippen molar-refractivity contribution < 1.29 is 9.59 Å². The number of rotatable bonds is 1. The summed E-state index contributed by atoms with van der Waals surface area (Å²) in [6, 6.07) is -0.148. The third-order valence-corrected chi connectivity index (χ3v) is 2.57. The first-order chi connectivity index (χ1) is 5.99. The Morgan fingerprint density at radius 1 is 1.54 bits per heavy atom. The molecule has 1 aliphatic heterocycles. The molecule has 0 aromatic rings. The Balaban J connectivity index is 2.63. The van der Waals surface area contributed by atoms with Crippen LogP contribution < -0.4 is 11.1 Å². The van der Waals surface area contributed by atoms with E-state index in [4.69, 9.17) is 5.73 Å². The number of carbonyl (C=O) groups excluding carboxylic acids is 2. The fourth-order valence-corrected chi connectivity index (χ4v) is 1.49. The van der Waals surface area contributed by atoms with Gasteiger partial charge >= 0.3 is 6.03 Å². The number of hydrogen-bond acceptors (Lipinski definition) is 2. The topological polar surface area (TPSA) is 75.4 Å². The van der Waals surface area contributed by atoms with Crippen LogP contribution in [0.15, 0.2) is 0 Å². The van der Waals surface area contributed by atoms with Gasteiger partial charge in [0.15, 0.2) is 0 Å². The number of carbonyl (C=O) groups is 2. The molecule has 0 radical (unpaired) electrons. The van der Waals surface area contributed by atoms with Crippen molar-refractivity contribution in [1.29, 1.82) is 0 Å². The second-order valence-corrected chi connectivity index (χ2v) is 3.65. The van der Waals surface area contributed by atoms with Crippen LogP contribution in [0.2, 0.25) is 0 Å². The minimum atomic E-state index is -0.549. The summed E-state index contributed by atoms with van der Waals surface area (Å²) in [7, 11) is 1.57. The van der Waals surface area contributed by atoms with Crippen LogP contribution in [0, 0.1) is 5.41 Å². The van der Waals surface area contributed by atoms with Crippen molar-refractivity contribution in [2.45, 2.75) is 13.3 Å². The summed E-state index contributed by atoms with van der Waals surface area (Å²) in [5, 5.41) is 2.52. The number of likely N-dealkylation sites (tertiary alicyclic amines) is 1. The maximum Gasteiger partial charge on any atom is 0.317 e. The number of hydrogen-bond donors (Lipinski definition) is 2. The maximum absolute atomic E-state index is 11.2. The number of nitrogens with one attached hydrogen (secondary N) is 1. The Kier molecular flexibility index (Phi) is 2.45. The van der Waals surface area contributed by atoms with Crippen molar-refractivity contribution in [1.82, 2.24) is 10.2 Å². The first-order valence-corrected chi connectivity index (χ1v) is 4.26. The second-order valence-electron chi connectivity index (χ2n) is 3.65. The van der Waals surface area contributed by atoms with Crippen molar-refractivity contribution in [2.75, 3.05) is 20.1 Å². The van der Waals surface area contributed by atoms with Gasteiger partial charge < -0.3 is 16.0 Å². The average Bonchev–Trinajstić information content (AvgIpc) is 2.48. The summed E-state index contributed by atoms with van der Waals surface area (Å²) in [6.45, 7) is 2.80. The van der Waals surface area contributed by atoms with E-state index in [9.17, 15) is 9.59 Å². The molecule has 1 unspecified atom stereocenters. The molecule has 0 aliphatic carbocycles. The second kappa shape index (κ2) is 3.24. The maximum atomic E-state index is 11.2. The summed E-state index contributed by atoms with van der Waals surface area (Å²) in [5.74, 6) is -0.334. The summed E-state index contributed by atoms with van der Waals surface area (Å²) >= 11 is 0. The molecule has 1 atom stereocenters. The van der Waals surface area contributed by atoms with Crippen molar-refractivity contribution in [3.8, 4) is 0 Å². The van der Waals surface area contributed by atoms with Crippen LogP contribution in [0.4, 0.5) is 4.79 Å². The van der Waals surface area contributed by atoms with E-state index in [1.54, 1.807) is 18.9 Å². The first-order valence-electron chi connectivity index (χ1n) is 4.26. The van der Waals surface area contributed by atoms with Gasteiger partial charge in [-0.05, 0) is 13.3 Å². The van der Waals surface area contributed by atoms with Crippen LogP contribution in [-0.2, 0) is 4.79 Å². The summed E-state index contributed by atoms with van der Waals surface area (Å²) in [6.07, 6.45) is 0.649. The van der Waals surface area contributed by atoms with Crippen LogP contribution in [0.1, 0.15) is 13.3 Å². The molecule has 0 bridgehead atoms. The van der Waals surface area contributed by atoms with Gasteiger partial charge in [0.2, 0.25) is 5.91 Å². The number of urea groups is 1. The first kappa shape index (κ1) is 9.83. The van der Waals surface area contributed by atoms with Crippen molar-refractivity contribution >= 4 is 11.9 Å². The number of nitrogens with two attached hydrogens (primary N) is 1. The third kappa shape index (κ3) is 1.74. The molecule has 1 heterocycles. The lowest BCUT2D eigenvalue weighted by molar-refractivity contribution is -0.126. The van der Waals surface area contributed by atoms with Gasteiger partial charge in [0.25, 0.3) is 0 Å². The third-order valence-electron chi connectivity index (χ3n) is 2.57. The number of nitrogens with zero attached hydrogens (tertiary/aromatic N) is 1. The molecule has 0 aromatic carbocycles. The smallest absolute Gasteiger partial charge is 0.317 e. The molecular formula is C8H15N3O2. The lowest BCUT2D eigenvalue weighted by atomic mass is 9.89. The molecule has 0 aromatic heterocycles. The van der Waals surface area contributed by atoms with E-state index in [2.05, 4.69) is 5.32 Å². The Morgan fingerprint density at radius 3 is 2.54 bits per heavy atom. The highest BCUT2D eigenvalue weighted by atomic mass is 16.2. The van der Waals surface area contributed by atoms with E-state index in [0.717, 1.165) is 0 Å². The zero-order valence-corrected chi connectivity index (χ0v) is 7.96. The Labute approximate surface area is 77.3 Å². The van der Waals surface area contributed by atoms with Gasteiger partial charge in [-0.1, -0.05) is 0 Å². The molecule has 13 heavy (non-hydrogen) atoms. The van der Waals surface area contributed by atoms with E-state index >= 15 is 0 Å². The zero-order valence-electron chi connectivity index (χ0n) is 7.96. The van der Waals surface area contributed by atoms with Gasteiger partial charge in [-0.25, -0.2) is 4.79 Å². The van der Waals surface area contributed by atoms with Gasteiger partial charge in [-0.15, -0.1) is 0 Å². The van der Waals surface area contributed by atoms with Gasteiger partial charge in [0.1, 0.15) is 0 Å². The summed E-state index contributed by atoms with van der Waals surface area (Å²) in [5.41, 5.74) is 4.69. The Morgan fingerprint density at radius 2 is 2.15 bits per heavy atom. The molecule has 3 amide bonds. The molecule has 5 heteroatoms. The number of amides is 3. The molecule has 1 aliphatic rings. The van der Waals surface area contributed by atoms with Crippen molar-refractivity contribution in [2.24, 2.45) is 11.1 Å². The van der Waals surface area contributed by atoms with Crippen LogP contribution >= 0.6 is 0 Å². The van der Waals surface area contributed by atoms with Gasteiger partial charge in [0, 0.05) is 20.1 Å². The molecule has 1 saturated heterocycles. The SMILES string of the molecule is CNC(=O)N1CCC(C)(C(N)=O)C1. The monoisotopic (exact) mass is 185 g/mol. The van der Waals surface area contributed by atoms with Crippen molar-refractivity contribution in [3.05, 3.63) is 0 Å². The Bertz CT molecular complexity index is 242. The Hall–Kier alpha value is -1.26. The van der Waals surface area contributed by atoms with Crippen LogP contribution in [0.3, 0.4) is 0 Å². The van der Waals surface area contributed by atoms with Gasteiger partial charge in [-0.3, -0.25) is 4.79 Å². The largest absolute Gasteiger partial charge is 0.369 e. The molecule has 1 rings (SSSR count). The van der Waals surface area contributed by atoms with Gasteiger partial charge in [-0.2, -0.15) is 0 Å². The highest BCUT2D eigenvalue weighted by Gasteiger charge is 2.40. The molecule has 74 valence electrons. The summed E-state index contributed by atoms with van der Waals surface area (Å²) < 4.78 is 0. The predicted molar refractivity (Wildman–Crippen MR) is 47.9 cm³/mol. The molecule has 0 saturated carbocycles. The molecular weight excluding hydrogens is 170 g/mol.